The maximum atomic E-state index is 12.7. The number of halogens is 3. The summed E-state index contributed by atoms with van der Waals surface area (Å²) in [6, 6.07) is 2.33. The Hall–Kier alpha value is -2.32. The minimum atomic E-state index is -4.74. The average molecular weight is 277 g/mol. The molecule has 0 aliphatic heterocycles. The minimum absolute atomic E-state index is 0.0871. The van der Waals surface area contributed by atoms with Gasteiger partial charge in [-0.3, -0.25) is 14.9 Å². The first kappa shape index (κ1) is 14.7. The molecule has 0 spiro atoms. The van der Waals surface area contributed by atoms with Crippen molar-refractivity contribution in [2.75, 3.05) is 11.9 Å². The summed E-state index contributed by atoms with van der Waals surface area (Å²) in [7, 11) is 0. The Morgan fingerprint density at radius 2 is 2.05 bits per heavy atom. The molecule has 0 radical (unpaired) electrons. The van der Waals surface area contributed by atoms with Gasteiger partial charge in [0.05, 0.1) is 10.5 Å². The lowest BCUT2D eigenvalue weighted by molar-refractivity contribution is -0.385. The van der Waals surface area contributed by atoms with Crippen molar-refractivity contribution in [2.45, 2.75) is 12.6 Å². The van der Waals surface area contributed by atoms with Gasteiger partial charge in [0, 0.05) is 30.8 Å². The standard InChI is InChI=1S/C10H10F3N3O3/c11-10(12,13)7-5-6(16(18)19)1-2-8(7)15-4-3-9(14)17/h1-2,5,15H,3-4H2,(H2,14,17). The molecule has 0 heterocycles. The zero-order chi connectivity index (χ0) is 14.6. The van der Waals surface area contributed by atoms with Gasteiger partial charge < -0.3 is 11.1 Å². The lowest BCUT2D eigenvalue weighted by Crippen LogP contribution is -2.17. The van der Waals surface area contributed by atoms with E-state index in [1.807, 2.05) is 0 Å². The van der Waals surface area contributed by atoms with Crippen LogP contribution in [-0.4, -0.2) is 17.4 Å². The number of rotatable bonds is 5. The highest BCUT2D eigenvalue weighted by Crippen LogP contribution is 2.36. The van der Waals surface area contributed by atoms with Gasteiger partial charge in [-0.15, -0.1) is 0 Å². The van der Waals surface area contributed by atoms with E-state index in [9.17, 15) is 28.1 Å². The predicted octanol–water partition coefficient (Wildman–Crippen LogP) is 1.90. The van der Waals surface area contributed by atoms with Crippen molar-refractivity contribution in [1.29, 1.82) is 0 Å². The highest BCUT2D eigenvalue weighted by molar-refractivity contribution is 5.74. The van der Waals surface area contributed by atoms with Crippen molar-refractivity contribution in [3.05, 3.63) is 33.9 Å². The van der Waals surface area contributed by atoms with E-state index in [2.05, 4.69) is 5.32 Å². The zero-order valence-electron chi connectivity index (χ0n) is 9.53. The second-order valence-electron chi connectivity index (χ2n) is 3.63. The fraction of sp³-hybridized carbons (Fsp3) is 0.300. The lowest BCUT2D eigenvalue weighted by atomic mass is 10.1. The Bertz CT molecular complexity index is 503. The van der Waals surface area contributed by atoms with Crippen LogP contribution in [-0.2, 0) is 11.0 Å². The first-order chi connectivity index (χ1) is 8.71. The molecule has 1 aromatic carbocycles. The van der Waals surface area contributed by atoms with Gasteiger partial charge in [0.25, 0.3) is 5.69 Å². The molecule has 6 nitrogen and oxygen atoms in total. The van der Waals surface area contributed by atoms with Gasteiger partial charge in [0.2, 0.25) is 5.91 Å². The molecule has 0 fully saturated rings. The summed E-state index contributed by atoms with van der Waals surface area (Å²) in [6.07, 6.45) is -4.88. The van der Waals surface area contributed by atoms with Crippen LogP contribution in [0, 0.1) is 10.1 Å². The summed E-state index contributed by atoms with van der Waals surface area (Å²) < 4.78 is 38.2. The van der Waals surface area contributed by atoms with Crippen LogP contribution in [0.25, 0.3) is 0 Å². The fourth-order valence-electron chi connectivity index (χ4n) is 1.35. The lowest BCUT2D eigenvalue weighted by Gasteiger charge is -2.13. The topological polar surface area (TPSA) is 98.3 Å². The fourth-order valence-corrected chi connectivity index (χ4v) is 1.35. The van der Waals surface area contributed by atoms with Crippen LogP contribution in [0.2, 0.25) is 0 Å². The number of nitro groups is 1. The van der Waals surface area contributed by atoms with Crippen LogP contribution in [0.15, 0.2) is 18.2 Å². The number of primary amides is 1. The molecular formula is C10H10F3N3O3. The van der Waals surface area contributed by atoms with E-state index in [4.69, 9.17) is 5.73 Å². The summed E-state index contributed by atoms with van der Waals surface area (Å²) in [5.41, 5.74) is 2.70. The maximum absolute atomic E-state index is 12.7. The van der Waals surface area contributed by atoms with Crippen molar-refractivity contribution in [2.24, 2.45) is 5.73 Å². The Balaban J connectivity index is 3.03. The number of nitrogens with zero attached hydrogens (tertiary/aromatic N) is 1. The van der Waals surface area contributed by atoms with Gasteiger partial charge in [0.15, 0.2) is 0 Å². The molecule has 1 rings (SSSR count). The van der Waals surface area contributed by atoms with Crippen molar-refractivity contribution >= 4 is 17.3 Å². The molecule has 3 N–H and O–H groups in total. The Labute approximate surface area is 105 Å². The first-order valence-corrected chi connectivity index (χ1v) is 5.09. The predicted molar refractivity (Wildman–Crippen MR) is 60.4 cm³/mol. The van der Waals surface area contributed by atoms with Crippen LogP contribution < -0.4 is 11.1 Å². The van der Waals surface area contributed by atoms with Gasteiger partial charge >= 0.3 is 6.18 Å². The van der Waals surface area contributed by atoms with Gasteiger partial charge in [-0.2, -0.15) is 13.2 Å². The highest BCUT2D eigenvalue weighted by Gasteiger charge is 2.35. The van der Waals surface area contributed by atoms with E-state index in [0.29, 0.717) is 6.07 Å². The monoisotopic (exact) mass is 277 g/mol. The van der Waals surface area contributed by atoms with Crippen LogP contribution in [0.4, 0.5) is 24.5 Å². The van der Waals surface area contributed by atoms with Gasteiger partial charge in [-0.1, -0.05) is 0 Å². The normalized spacial score (nSPS) is 11.1. The summed E-state index contributed by atoms with van der Waals surface area (Å²) in [5.74, 6) is -0.664. The van der Waals surface area contributed by atoms with Crippen LogP contribution >= 0.6 is 0 Å². The number of hydrogen-bond donors (Lipinski definition) is 2. The number of carbonyl (C=O) groups excluding carboxylic acids is 1. The molecule has 1 amide bonds. The summed E-state index contributed by atoms with van der Waals surface area (Å²) in [5, 5.41) is 12.8. The molecule has 0 saturated carbocycles. The number of nitrogens with two attached hydrogens (primary N) is 1. The molecule has 9 heteroatoms. The SMILES string of the molecule is NC(=O)CCNc1ccc([N+](=O)[O-])cc1C(F)(F)F. The Morgan fingerprint density at radius 1 is 1.42 bits per heavy atom. The number of alkyl halides is 3. The minimum Gasteiger partial charge on any atom is -0.384 e. The second-order valence-corrected chi connectivity index (χ2v) is 3.63. The molecule has 19 heavy (non-hydrogen) atoms. The highest BCUT2D eigenvalue weighted by atomic mass is 19.4. The molecule has 0 aliphatic carbocycles. The van der Waals surface area contributed by atoms with Crippen molar-refractivity contribution in [3.8, 4) is 0 Å². The number of carbonyl (C=O) groups is 1. The number of anilines is 1. The largest absolute Gasteiger partial charge is 0.418 e. The molecular weight excluding hydrogens is 267 g/mol. The molecule has 0 bridgehead atoms. The van der Waals surface area contributed by atoms with Crippen LogP contribution in [0.3, 0.4) is 0 Å². The van der Waals surface area contributed by atoms with Gasteiger partial charge in [-0.25, -0.2) is 0 Å². The number of hydrogen-bond acceptors (Lipinski definition) is 4. The van der Waals surface area contributed by atoms with Crippen LogP contribution in [0.5, 0.6) is 0 Å². The van der Waals surface area contributed by atoms with Gasteiger partial charge in [-0.05, 0) is 6.07 Å². The molecule has 0 unspecified atom stereocenters. The van der Waals surface area contributed by atoms with E-state index < -0.39 is 28.3 Å². The van der Waals surface area contributed by atoms with E-state index >= 15 is 0 Å². The van der Waals surface area contributed by atoms with Crippen LogP contribution in [0.1, 0.15) is 12.0 Å². The van der Waals surface area contributed by atoms with Crippen molar-refractivity contribution < 1.29 is 22.9 Å². The number of nitrogens with one attached hydrogen (secondary N) is 1. The Morgan fingerprint density at radius 3 is 2.53 bits per heavy atom. The molecule has 1 aromatic rings. The number of amides is 1. The van der Waals surface area contributed by atoms with E-state index in [0.717, 1.165) is 12.1 Å². The molecule has 0 aliphatic rings. The third-order valence-corrected chi connectivity index (χ3v) is 2.21. The third-order valence-electron chi connectivity index (χ3n) is 2.21. The zero-order valence-corrected chi connectivity index (χ0v) is 9.53. The first-order valence-electron chi connectivity index (χ1n) is 5.09. The van der Waals surface area contributed by atoms with Crippen molar-refractivity contribution in [3.63, 3.8) is 0 Å². The number of nitro benzene ring substituents is 1. The molecule has 0 aromatic heterocycles. The van der Waals surface area contributed by atoms with Gasteiger partial charge in [0.1, 0.15) is 0 Å². The second kappa shape index (κ2) is 5.55. The van der Waals surface area contributed by atoms with Crippen molar-refractivity contribution in [1.82, 2.24) is 0 Å². The third kappa shape index (κ3) is 4.12. The molecule has 0 saturated heterocycles. The quantitative estimate of drug-likeness (QED) is 0.634. The number of benzene rings is 1. The Kier molecular flexibility index (Phi) is 4.30. The number of non-ortho nitro benzene ring substituents is 1. The van der Waals surface area contributed by atoms with E-state index in [1.165, 1.54) is 0 Å². The average Bonchev–Trinajstić information content (AvgIpc) is 2.27. The maximum Gasteiger partial charge on any atom is 0.418 e. The summed E-state index contributed by atoms with van der Waals surface area (Å²) in [6.45, 7) is -0.0871. The molecule has 0 atom stereocenters. The van der Waals surface area contributed by atoms with E-state index in [1.54, 1.807) is 0 Å². The summed E-state index contributed by atoms with van der Waals surface area (Å²) in [4.78, 5) is 20.0. The molecule has 104 valence electrons. The summed E-state index contributed by atoms with van der Waals surface area (Å²) >= 11 is 0. The van der Waals surface area contributed by atoms with E-state index in [-0.39, 0.29) is 18.7 Å². The smallest absolute Gasteiger partial charge is 0.384 e.